The van der Waals surface area contributed by atoms with E-state index in [-0.39, 0.29) is 18.6 Å². The lowest BCUT2D eigenvalue weighted by molar-refractivity contribution is -0.145. The van der Waals surface area contributed by atoms with Crippen LogP contribution < -0.4 is 19.5 Å². The maximum Gasteiger partial charge on any atom is 0.306 e. The minimum atomic E-state index is -0.864. The summed E-state index contributed by atoms with van der Waals surface area (Å²) in [5.74, 6) is 1.09. The van der Waals surface area contributed by atoms with Crippen LogP contribution in [0.4, 0.5) is 0 Å². The Bertz CT molecular complexity index is 1220. The van der Waals surface area contributed by atoms with E-state index in [1.807, 2.05) is 42.6 Å². The normalized spacial score (nSPS) is 21.3. The second-order valence-corrected chi connectivity index (χ2v) is 9.15. The number of hydrogen-bond donors (Lipinski definition) is 2. The Morgan fingerprint density at radius 1 is 1.17 bits per heavy atom. The van der Waals surface area contributed by atoms with Crippen LogP contribution in [0.25, 0.3) is 10.9 Å². The number of nitrogens with one attached hydrogen (secondary N) is 1. The van der Waals surface area contributed by atoms with Crippen LogP contribution in [0.15, 0.2) is 42.6 Å². The molecule has 2 aliphatic heterocycles. The highest BCUT2D eigenvalue weighted by molar-refractivity contribution is 5.83. The number of aliphatic carboxylic acids is 1. The van der Waals surface area contributed by atoms with Crippen molar-refractivity contribution < 1.29 is 28.8 Å². The maximum absolute atomic E-state index is 11.6. The fraction of sp³-hybridized carbons (Fsp3) is 0.444. The standard InChI is InChI=1S/C27H31N3O6/c1-33-20-6-7-22-21(14-20)17(10-11-28-22)2-4-19-5-8-23(25(36-19)15-26(31)32)29-16-18-3-9-24-27(30-18)35-13-12-34-24/h3,6-7,9-11,14,19,23,25,29H,2,4-5,8,12-13,15-16H2,1H3,(H,31,32)/t19-,23-,25-/m1/s1. The summed E-state index contributed by atoms with van der Waals surface area (Å²) >= 11 is 0. The Morgan fingerprint density at radius 2 is 2.06 bits per heavy atom. The van der Waals surface area contributed by atoms with Gasteiger partial charge in [0.2, 0.25) is 0 Å². The number of hydrogen-bond acceptors (Lipinski definition) is 8. The van der Waals surface area contributed by atoms with E-state index < -0.39 is 12.1 Å². The summed E-state index contributed by atoms with van der Waals surface area (Å²) < 4.78 is 22.8. The molecule has 1 aromatic carbocycles. The number of nitrogens with zero attached hydrogens (tertiary/aromatic N) is 2. The zero-order valence-electron chi connectivity index (χ0n) is 20.3. The first-order valence-corrected chi connectivity index (χ1v) is 12.4. The van der Waals surface area contributed by atoms with Crippen molar-refractivity contribution in [3.63, 3.8) is 0 Å². The van der Waals surface area contributed by atoms with Crippen molar-refractivity contribution in [1.82, 2.24) is 15.3 Å². The molecular weight excluding hydrogens is 462 g/mol. The predicted octanol–water partition coefficient (Wildman–Crippen LogP) is 3.52. The molecule has 2 aromatic heterocycles. The zero-order valence-corrected chi connectivity index (χ0v) is 20.3. The van der Waals surface area contributed by atoms with Gasteiger partial charge in [0.05, 0.1) is 36.9 Å². The van der Waals surface area contributed by atoms with Crippen molar-refractivity contribution in [3.05, 3.63) is 53.9 Å². The van der Waals surface area contributed by atoms with E-state index in [2.05, 4.69) is 15.3 Å². The summed E-state index contributed by atoms with van der Waals surface area (Å²) in [5, 5.41) is 14.0. The van der Waals surface area contributed by atoms with Crippen LogP contribution in [0.1, 0.15) is 36.9 Å². The van der Waals surface area contributed by atoms with Crippen molar-refractivity contribution in [2.45, 2.75) is 56.9 Å². The molecule has 190 valence electrons. The Morgan fingerprint density at radius 3 is 2.92 bits per heavy atom. The van der Waals surface area contributed by atoms with E-state index in [9.17, 15) is 9.90 Å². The number of ether oxygens (including phenoxy) is 4. The molecule has 3 atom stereocenters. The SMILES string of the molecule is COc1ccc2nccc(CC[C@@H]3CC[C@@H](NCc4ccc5c(n4)OCCO5)[C@@H](CC(=O)O)O3)c2c1. The van der Waals surface area contributed by atoms with Crippen molar-refractivity contribution in [1.29, 1.82) is 0 Å². The molecule has 0 unspecified atom stereocenters. The first kappa shape index (κ1) is 24.3. The van der Waals surface area contributed by atoms with Crippen LogP contribution in [0.3, 0.4) is 0 Å². The summed E-state index contributed by atoms with van der Waals surface area (Å²) in [6.45, 7) is 1.50. The van der Waals surface area contributed by atoms with Crippen LogP contribution in [-0.2, 0) is 22.5 Å². The molecule has 0 bridgehead atoms. The highest BCUT2D eigenvalue weighted by Gasteiger charge is 2.32. The quantitative estimate of drug-likeness (QED) is 0.462. The summed E-state index contributed by atoms with van der Waals surface area (Å²) in [4.78, 5) is 20.5. The number of rotatable bonds is 9. The molecule has 2 aliphatic rings. The molecule has 36 heavy (non-hydrogen) atoms. The third-order valence-electron chi connectivity index (χ3n) is 6.77. The lowest BCUT2D eigenvalue weighted by Crippen LogP contribution is -2.48. The van der Waals surface area contributed by atoms with Gasteiger partial charge < -0.3 is 29.4 Å². The Labute approximate surface area is 209 Å². The lowest BCUT2D eigenvalue weighted by atomic mass is 9.93. The number of carboxylic acids is 1. The predicted molar refractivity (Wildman–Crippen MR) is 133 cm³/mol. The van der Waals surface area contributed by atoms with Crippen molar-refractivity contribution >= 4 is 16.9 Å². The van der Waals surface area contributed by atoms with Crippen molar-refractivity contribution in [3.8, 4) is 17.4 Å². The van der Waals surface area contributed by atoms with Gasteiger partial charge in [0.15, 0.2) is 5.75 Å². The van der Waals surface area contributed by atoms with Gasteiger partial charge in [-0.25, -0.2) is 4.98 Å². The first-order chi connectivity index (χ1) is 17.6. The fourth-order valence-electron chi connectivity index (χ4n) is 4.92. The second-order valence-electron chi connectivity index (χ2n) is 9.15. The molecule has 3 aromatic rings. The average Bonchev–Trinajstić information content (AvgIpc) is 2.90. The number of aryl methyl sites for hydroxylation is 1. The molecule has 9 heteroatoms. The summed E-state index contributed by atoms with van der Waals surface area (Å²) in [6.07, 6.45) is 4.68. The molecule has 5 rings (SSSR count). The number of methoxy groups -OCH3 is 1. The molecule has 0 aliphatic carbocycles. The Hall–Kier alpha value is -3.43. The van der Waals surface area contributed by atoms with Gasteiger partial charge in [-0.05, 0) is 67.6 Å². The third-order valence-corrected chi connectivity index (χ3v) is 6.77. The molecular formula is C27H31N3O6. The van der Waals surface area contributed by atoms with Gasteiger partial charge in [0.1, 0.15) is 19.0 Å². The van der Waals surface area contributed by atoms with Crippen LogP contribution in [0.2, 0.25) is 0 Å². The molecule has 4 heterocycles. The van der Waals surface area contributed by atoms with Crippen LogP contribution >= 0.6 is 0 Å². The second kappa shape index (κ2) is 11.1. The van der Waals surface area contributed by atoms with Gasteiger partial charge in [-0.2, -0.15) is 0 Å². The largest absolute Gasteiger partial charge is 0.497 e. The van der Waals surface area contributed by atoms with Crippen LogP contribution in [-0.4, -0.2) is 59.6 Å². The van der Waals surface area contributed by atoms with Gasteiger partial charge in [0, 0.05) is 24.2 Å². The topological polar surface area (TPSA) is 112 Å². The molecule has 9 nitrogen and oxygen atoms in total. The molecule has 1 fully saturated rings. The van der Waals surface area contributed by atoms with Crippen LogP contribution in [0, 0.1) is 0 Å². The van der Waals surface area contributed by atoms with E-state index in [0.717, 1.165) is 48.0 Å². The minimum Gasteiger partial charge on any atom is -0.497 e. The summed E-state index contributed by atoms with van der Waals surface area (Å²) in [7, 11) is 1.66. The van der Waals surface area contributed by atoms with E-state index in [4.69, 9.17) is 18.9 Å². The van der Waals surface area contributed by atoms with Crippen LogP contribution in [0.5, 0.6) is 17.4 Å². The van der Waals surface area contributed by atoms with Crippen molar-refractivity contribution in [2.24, 2.45) is 0 Å². The van der Waals surface area contributed by atoms with E-state index in [1.165, 1.54) is 5.56 Å². The van der Waals surface area contributed by atoms with Crippen molar-refractivity contribution in [2.75, 3.05) is 20.3 Å². The molecule has 0 radical (unpaired) electrons. The van der Waals surface area contributed by atoms with Gasteiger partial charge in [-0.1, -0.05) is 0 Å². The van der Waals surface area contributed by atoms with E-state index in [1.54, 1.807) is 7.11 Å². The molecule has 2 N–H and O–H groups in total. The zero-order chi connectivity index (χ0) is 24.9. The van der Waals surface area contributed by atoms with Gasteiger partial charge >= 0.3 is 5.97 Å². The summed E-state index contributed by atoms with van der Waals surface area (Å²) in [6, 6.07) is 11.6. The monoisotopic (exact) mass is 493 g/mol. The van der Waals surface area contributed by atoms with E-state index in [0.29, 0.717) is 31.4 Å². The highest BCUT2D eigenvalue weighted by Crippen LogP contribution is 2.29. The number of carbonyl (C=O) groups is 1. The average molecular weight is 494 g/mol. The third kappa shape index (κ3) is 5.68. The number of aromatic nitrogens is 2. The number of pyridine rings is 2. The minimum absolute atomic E-state index is 0.00589. The smallest absolute Gasteiger partial charge is 0.306 e. The summed E-state index contributed by atoms with van der Waals surface area (Å²) in [5.41, 5.74) is 2.93. The molecule has 0 amide bonds. The molecule has 0 spiro atoms. The molecule has 0 saturated carbocycles. The van der Waals surface area contributed by atoms with Gasteiger partial charge in [-0.3, -0.25) is 9.78 Å². The maximum atomic E-state index is 11.6. The number of fused-ring (bicyclic) bond motifs is 2. The number of carboxylic acid groups (broad SMARTS) is 1. The van der Waals surface area contributed by atoms with E-state index >= 15 is 0 Å². The highest BCUT2D eigenvalue weighted by atomic mass is 16.6. The fourth-order valence-corrected chi connectivity index (χ4v) is 4.92. The lowest BCUT2D eigenvalue weighted by Gasteiger charge is -2.36. The van der Waals surface area contributed by atoms with Gasteiger partial charge in [-0.15, -0.1) is 0 Å². The number of benzene rings is 1. The Kier molecular flexibility index (Phi) is 7.48. The van der Waals surface area contributed by atoms with Gasteiger partial charge in [0.25, 0.3) is 5.88 Å². The first-order valence-electron chi connectivity index (χ1n) is 12.4. The molecule has 1 saturated heterocycles. The Balaban J connectivity index is 1.21.